The first-order valence-electron chi connectivity index (χ1n) is 7.42. The number of carbonyl (C=O) groups excluding carboxylic acids is 1. The van der Waals surface area contributed by atoms with E-state index in [9.17, 15) is 4.79 Å². The Morgan fingerprint density at radius 2 is 1.95 bits per heavy atom. The number of hydrogen-bond donors (Lipinski definition) is 1. The zero-order valence-electron chi connectivity index (χ0n) is 12.2. The monoisotopic (exact) mass is 284 g/mol. The first-order valence-corrected chi connectivity index (χ1v) is 7.42. The zero-order chi connectivity index (χ0) is 14.7. The van der Waals surface area contributed by atoms with Crippen molar-refractivity contribution in [2.75, 3.05) is 26.7 Å². The summed E-state index contributed by atoms with van der Waals surface area (Å²) in [4.78, 5) is 23.0. The molecule has 1 aromatic carbocycles. The van der Waals surface area contributed by atoms with Crippen LogP contribution < -0.4 is 5.32 Å². The predicted octanol–water partition coefficient (Wildman–Crippen LogP) is 1.70. The number of carbonyl (C=O) groups is 1. The largest absolute Gasteiger partial charge is 0.339 e. The third-order valence-corrected chi connectivity index (χ3v) is 4.11. The van der Waals surface area contributed by atoms with E-state index in [4.69, 9.17) is 0 Å². The van der Waals surface area contributed by atoms with Crippen molar-refractivity contribution >= 4 is 16.9 Å². The van der Waals surface area contributed by atoms with E-state index in [1.54, 1.807) is 12.4 Å². The van der Waals surface area contributed by atoms with E-state index < -0.39 is 0 Å². The summed E-state index contributed by atoms with van der Waals surface area (Å²) in [7, 11) is 1.98. The average molecular weight is 284 g/mol. The van der Waals surface area contributed by atoms with Crippen LogP contribution >= 0.6 is 0 Å². The van der Waals surface area contributed by atoms with Gasteiger partial charge in [-0.1, -0.05) is 0 Å². The van der Waals surface area contributed by atoms with Crippen molar-refractivity contribution in [2.24, 2.45) is 5.92 Å². The fourth-order valence-electron chi connectivity index (χ4n) is 2.91. The molecule has 21 heavy (non-hydrogen) atoms. The van der Waals surface area contributed by atoms with E-state index >= 15 is 0 Å². The highest BCUT2D eigenvalue weighted by atomic mass is 16.2. The third-order valence-electron chi connectivity index (χ3n) is 4.11. The summed E-state index contributed by atoms with van der Waals surface area (Å²) >= 11 is 0. The Bertz CT molecular complexity index is 635. The number of aromatic nitrogens is 2. The molecule has 1 aliphatic heterocycles. The molecule has 2 aromatic rings. The molecule has 1 fully saturated rings. The van der Waals surface area contributed by atoms with E-state index in [1.807, 2.05) is 30.1 Å². The maximum Gasteiger partial charge on any atom is 0.253 e. The molecule has 3 rings (SSSR count). The van der Waals surface area contributed by atoms with Crippen LogP contribution in [0.2, 0.25) is 0 Å². The molecule has 1 N–H and O–H groups in total. The van der Waals surface area contributed by atoms with Crippen molar-refractivity contribution in [3.05, 3.63) is 36.2 Å². The lowest BCUT2D eigenvalue weighted by Crippen LogP contribution is -2.40. The Hall–Kier alpha value is -2.01. The number of amides is 1. The van der Waals surface area contributed by atoms with Gasteiger partial charge >= 0.3 is 0 Å². The summed E-state index contributed by atoms with van der Waals surface area (Å²) in [6, 6.07) is 5.55. The quantitative estimate of drug-likeness (QED) is 0.932. The van der Waals surface area contributed by atoms with E-state index in [-0.39, 0.29) is 5.91 Å². The van der Waals surface area contributed by atoms with Crippen LogP contribution in [0.4, 0.5) is 0 Å². The predicted molar refractivity (Wildman–Crippen MR) is 82.1 cm³/mol. The maximum atomic E-state index is 12.6. The lowest BCUT2D eigenvalue weighted by atomic mass is 9.96. The first kappa shape index (κ1) is 13.9. The van der Waals surface area contributed by atoms with Crippen LogP contribution in [0.1, 0.15) is 23.2 Å². The second-order valence-corrected chi connectivity index (χ2v) is 5.55. The van der Waals surface area contributed by atoms with Crippen LogP contribution in [0.5, 0.6) is 0 Å². The summed E-state index contributed by atoms with van der Waals surface area (Å²) in [5.74, 6) is 0.784. The van der Waals surface area contributed by atoms with E-state index in [0.717, 1.165) is 43.5 Å². The number of rotatable bonds is 3. The number of hydrogen-bond acceptors (Lipinski definition) is 4. The highest BCUT2D eigenvalue weighted by Crippen LogP contribution is 2.19. The molecule has 0 bridgehead atoms. The van der Waals surface area contributed by atoms with Gasteiger partial charge in [0.15, 0.2) is 0 Å². The second kappa shape index (κ2) is 6.18. The van der Waals surface area contributed by atoms with Gasteiger partial charge in [0, 0.05) is 31.0 Å². The van der Waals surface area contributed by atoms with Crippen molar-refractivity contribution in [1.29, 1.82) is 0 Å². The molecule has 1 aromatic heterocycles. The fourth-order valence-corrected chi connectivity index (χ4v) is 2.91. The SMILES string of the molecule is CNCC1CCN(C(=O)c2ccc3nccnc3c2)CC1. The van der Waals surface area contributed by atoms with Gasteiger partial charge in [-0.25, -0.2) is 0 Å². The summed E-state index contributed by atoms with van der Waals surface area (Å²) in [5, 5.41) is 3.21. The van der Waals surface area contributed by atoms with Gasteiger partial charge < -0.3 is 10.2 Å². The topological polar surface area (TPSA) is 58.1 Å². The molecule has 1 saturated heterocycles. The van der Waals surface area contributed by atoms with Gasteiger partial charge in [0.1, 0.15) is 0 Å². The first-order chi connectivity index (χ1) is 10.3. The van der Waals surface area contributed by atoms with Crippen LogP contribution in [0, 0.1) is 5.92 Å². The molecule has 2 heterocycles. The number of nitrogens with one attached hydrogen (secondary N) is 1. The van der Waals surface area contributed by atoms with Crippen LogP contribution in [0.3, 0.4) is 0 Å². The molecule has 0 unspecified atom stereocenters. The second-order valence-electron chi connectivity index (χ2n) is 5.55. The Labute approximate surface area is 124 Å². The fraction of sp³-hybridized carbons (Fsp3) is 0.438. The number of fused-ring (bicyclic) bond motifs is 1. The minimum atomic E-state index is 0.102. The van der Waals surface area contributed by atoms with Gasteiger partial charge in [-0.3, -0.25) is 14.8 Å². The van der Waals surface area contributed by atoms with Gasteiger partial charge in [-0.05, 0) is 50.6 Å². The lowest BCUT2D eigenvalue weighted by Gasteiger charge is -2.32. The standard InChI is InChI=1S/C16H20N4O/c1-17-11-12-4-8-20(9-5-12)16(21)13-2-3-14-15(10-13)19-7-6-18-14/h2-3,6-7,10,12,17H,4-5,8-9,11H2,1H3. The van der Waals surface area contributed by atoms with Crippen molar-refractivity contribution in [3.8, 4) is 0 Å². The minimum Gasteiger partial charge on any atom is -0.339 e. The summed E-state index contributed by atoms with van der Waals surface area (Å²) in [6.07, 6.45) is 5.45. The summed E-state index contributed by atoms with van der Waals surface area (Å²) in [5.41, 5.74) is 2.30. The van der Waals surface area contributed by atoms with Crippen LogP contribution in [0.15, 0.2) is 30.6 Å². The number of benzene rings is 1. The lowest BCUT2D eigenvalue weighted by molar-refractivity contribution is 0.0691. The molecule has 5 nitrogen and oxygen atoms in total. The molecule has 0 radical (unpaired) electrons. The molecular weight excluding hydrogens is 264 g/mol. The van der Waals surface area contributed by atoms with Gasteiger partial charge in [-0.2, -0.15) is 0 Å². The average Bonchev–Trinajstić information content (AvgIpc) is 2.55. The molecule has 5 heteroatoms. The summed E-state index contributed by atoms with van der Waals surface area (Å²) in [6.45, 7) is 2.71. The molecule has 0 aliphatic carbocycles. The van der Waals surface area contributed by atoms with Crippen molar-refractivity contribution in [3.63, 3.8) is 0 Å². The van der Waals surface area contributed by atoms with Gasteiger partial charge in [-0.15, -0.1) is 0 Å². The normalized spacial score (nSPS) is 16.3. The highest BCUT2D eigenvalue weighted by Gasteiger charge is 2.23. The number of nitrogens with zero attached hydrogens (tertiary/aromatic N) is 3. The molecule has 0 saturated carbocycles. The Balaban J connectivity index is 1.72. The highest BCUT2D eigenvalue weighted by molar-refractivity contribution is 5.97. The Morgan fingerprint density at radius 1 is 1.24 bits per heavy atom. The van der Waals surface area contributed by atoms with Gasteiger partial charge in [0.2, 0.25) is 0 Å². The zero-order valence-corrected chi connectivity index (χ0v) is 12.2. The summed E-state index contributed by atoms with van der Waals surface area (Å²) < 4.78 is 0. The molecule has 0 spiro atoms. The number of piperidine rings is 1. The Kier molecular flexibility index (Phi) is 4.10. The number of likely N-dealkylation sites (tertiary alicyclic amines) is 1. The van der Waals surface area contributed by atoms with Crippen molar-refractivity contribution in [1.82, 2.24) is 20.2 Å². The smallest absolute Gasteiger partial charge is 0.253 e. The Morgan fingerprint density at radius 3 is 2.67 bits per heavy atom. The van der Waals surface area contributed by atoms with Gasteiger partial charge in [0.25, 0.3) is 5.91 Å². The van der Waals surface area contributed by atoms with Gasteiger partial charge in [0.05, 0.1) is 11.0 Å². The van der Waals surface area contributed by atoms with Crippen molar-refractivity contribution < 1.29 is 4.79 Å². The van der Waals surface area contributed by atoms with E-state index in [1.165, 1.54) is 0 Å². The van der Waals surface area contributed by atoms with E-state index in [2.05, 4.69) is 15.3 Å². The van der Waals surface area contributed by atoms with Crippen LogP contribution in [-0.4, -0.2) is 47.5 Å². The van der Waals surface area contributed by atoms with E-state index in [0.29, 0.717) is 11.5 Å². The maximum absolute atomic E-state index is 12.6. The molecular formula is C16H20N4O. The molecule has 1 amide bonds. The van der Waals surface area contributed by atoms with Crippen molar-refractivity contribution in [2.45, 2.75) is 12.8 Å². The molecule has 1 aliphatic rings. The van der Waals surface area contributed by atoms with Crippen LogP contribution in [0.25, 0.3) is 11.0 Å². The van der Waals surface area contributed by atoms with Crippen LogP contribution in [-0.2, 0) is 0 Å². The molecule has 110 valence electrons. The molecule has 0 atom stereocenters. The third kappa shape index (κ3) is 3.03. The minimum absolute atomic E-state index is 0.102.